The standard InChI is InChI=1S/C20H30N2O2S/c1-3-24-12-6-10-22-11-9-17(15(2)14-22)21-20(23)19-13-16-7-4-5-8-18(16)25-19/h4-5,7-8,15,17,19H,3,6,9-14H2,1-2H3,(H,21,23). The fraction of sp³-hybridized carbons (Fsp3) is 0.650. The molecule has 4 nitrogen and oxygen atoms in total. The third-order valence-electron chi connectivity index (χ3n) is 5.22. The number of thioether (sulfide) groups is 1. The number of benzene rings is 1. The molecule has 25 heavy (non-hydrogen) atoms. The molecule has 1 fully saturated rings. The molecule has 3 atom stereocenters. The zero-order valence-corrected chi connectivity index (χ0v) is 16.2. The molecule has 0 aliphatic carbocycles. The van der Waals surface area contributed by atoms with Crippen LogP contribution >= 0.6 is 11.8 Å². The first-order valence-corrected chi connectivity index (χ1v) is 10.4. The smallest absolute Gasteiger partial charge is 0.234 e. The molecule has 0 radical (unpaired) electrons. The third-order valence-corrected chi connectivity index (χ3v) is 6.54. The number of hydrogen-bond acceptors (Lipinski definition) is 4. The molecule has 1 aromatic rings. The van der Waals surface area contributed by atoms with Gasteiger partial charge in [-0.1, -0.05) is 25.1 Å². The molecule has 2 aliphatic heterocycles. The van der Waals surface area contributed by atoms with Gasteiger partial charge in [0.05, 0.1) is 5.25 Å². The number of fused-ring (bicyclic) bond motifs is 1. The molecule has 0 saturated carbocycles. The van der Waals surface area contributed by atoms with Crippen molar-refractivity contribution in [2.45, 2.75) is 49.3 Å². The Labute approximate surface area is 155 Å². The monoisotopic (exact) mass is 362 g/mol. The first-order valence-electron chi connectivity index (χ1n) is 9.52. The lowest BCUT2D eigenvalue weighted by Crippen LogP contribution is -2.51. The maximum Gasteiger partial charge on any atom is 0.234 e. The van der Waals surface area contributed by atoms with Crippen molar-refractivity contribution < 1.29 is 9.53 Å². The van der Waals surface area contributed by atoms with Crippen molar-refractivity contribution in [2.24, 2.45) is 5.92 Å². The second kappa shape index (κ2) is 9.06. The Hall–Kier alpha value is -1.04. The normalized spacial score (nSPS) is 26.4. The Morgan fingerprint density at radius 2 is 2.24 bits per heavy atom. The van der Waals surface area contributed by atoms with Crippen molar-refractivity contribution in [1.82, 2.24) is 10.2 Å². The van der Waals surface area contributed by atoms with Crippen molar-refractivity contribution in [3.05, 3.63) is 29.8 Å². The fourth-order valence-electron chi connectivity index (χ4n) is 3.79. The van der Waals surface area contributed by atoms with Gasteiger partial charge in [-0.15, -0.1) is 11.8 Å². The second-order valence-corrected chi connectivity index (χ2v) is 8.40. The predicted octanol–water partition coefficient (Wildman–Crippen LogP) is 2.96. The summed E-state index contributed by atoms with van der Waals surface area (Å²) in [5.74, 6) is 0.710. The van der Waals surface area contributed by atoms with Crippen molar-refractivity contribution >= 4 is 17.7 Å². The van der Waals surface area contributed by atoms with E-state index in [-0.39, 0.29) is 11.2 Å². The summed E-state index contributed by atoms with van der Waals surface area (Å²) in [4.78, 5) is 16.5. The molecule has 1 N–H and O–H groups in total. The summed E-state index contributed by atoms with van der Waals surface area (Å²) in [6.45, 7) is 9.18. The van der Waals surface area contributed by atoms with E-state index in [9.17, 15) is 4.79 Å². The lowest BCUT2D eigenvalue weighted by molar-refractivity contribution is -0.121. The van der Waals surface area contributed by atoms with Crippen LogP contribution in [-0.4, -0.2) is 54.9 Å². The molecule has 0 bridgehead atoms. The maximum atomic E-state index is 12.7. The molecule has 1 aromatic carbocycles. The highest BCUT2D eigenvalue weighted by atomic mass is 32.2. The topological polar surface area (TPSA) is 41.6 Å². The van der Waals surface area contributed by atoms with Gasteiger partial charge in [0.1, 0.15) is 0 Å². The van der Waals surface area contributed by atoms with Crippen molar-refractivity contribution in [3.8, 4) is 0 Å². The van der Waals surface area contributed by atoms with Gasteiger partial charge < -0.3 is 15.0 Å². The SMILES string of the molecule is CCOCCCN1CCC(NC(=O)C2Cc3ccccc3S2)C(C)C1. The lowest BCUT2D eigenvalue weighted by Gasteiger charge is -2.37. The van der Waals surface area contributed by atoms with E-state index in [1.807, 2.05) is 6.92 Å². The molecule has 138 valence electrons. The Balaban J connectivity index is 1.43. The summed E-state index contributed by atoms with van der Waals surface area (Å²) in [7, 11) is 0. The van der Waals surface area contributed by atoms with E-state index >= 15 is 0 Å². The summed E-state index contributed by atoms with van der Waals surface area (Å²) >= 11 is 1.71. The number of carbonyl (C=O) groups excluding carboxylic acids is 1. The van der Waals surface area contributed by atoms with Crippen molar-refractivity contribution in [1.29, 1.82) is 0 Å². The molecular weight excluding hydrogens is 332 g/mol. The summed E-state index contributed by atoms with van der Waals surface area (Å²) in [6.07, 6.45) is 3.00. The first kappa shape index (κ1) is 18.7. The molecule has 1 saturated heterocycles. The molecule has 0 spiro atoms. The maximum absolute atomic E-state index is 12.7. The Morgan fingerprint density at radius 3 is 3.00 bits per heavy atom. The summed E-state index contributed by atoms with van der Waals surface area (Å²) in [5, 5.41) is 3.37. The van der Waals surface area contributed by atoms with Gasteiger partial charge in [0.15, 0.2) is 0 Å². The van der Waals surface area contributed by atoms with Gasteiger partial charge in [-0.25, -0.2) is 0 Å². The molecule has 2 heterocycles. The number of nitrogens with zero attached hydrogens (tertiary/aromatic N) is 1. The number of hydrogen-bond donors (Lipinski definition) is 1. The third kappa shape index (κ3) is 4.99. The zero-order valence-electron chi connectivity index (χ0n) is 15.4. The number of rotatable bonds is 7. The van der Waals surface area contributed by atoms with Crippen LogP contribution in [-0.2, 0) is 16.0 Å². The molecular formula is C20H30N2O2S. The minimum Gasteiger partial charge on any atom is -0.382 e. The van der Waals surface area contributed by atoms with E-state index in [4.69, 9.17) is 4.74 Å². The van der Waals surface area contributed by atoms with Gasteiger partial charge in [0.2, 0.25) is 5.91 Å². The van der Waals surface area contributed by atoms with Crippen LogP contribution < -0.4 is 5.32 Å². The first-order chi connectivity index (χ1) is 12.2. The van der Waals surface area contributed by atoms with Crippen LogP contribution in [0.2, 0.25) is 0 Å². The molecule has 2 aliphatic rings. The molecule has 5 heteroatoms. The van der Waals surface area contributed by atoms with Crippen LogP contribution in [0.5, 0.6) is 0 Å². The van der Waals surface area contributed by atoms with Crippen LogP contribution in [0, 0.1) is 5.92 Å². The average Bonchev–Trinajstić information content (AvgIpc) is 3.05. The summed E-state index contributed by atoms with van der Waals surface area (Å²) in [5.41, 5.74) is 1.31. The molecule has 3 unspecified atom stereocenters. The Bertz CT molecular complexity index is 556. The molecule has 1 amide bonds. The number of likely N-dealkylation sites (tertiary alicyclic amines) is 1. The van der Waals surface area contributed by atoms with E-state index in [1.165, 1.54) is 10.5 Å². The molecule has 3 rings (SSSR count). The van der Waals surface area contributed by atoms with E-state index in [0.29, 0.717) is 12.0 Å². The minimum atomic E-state index is 0.0359. The van der Waals surface area contributed by atoms with Gasteiger partial charge in [-0.3, -0.25) is 4.79 Å². The predicted molar refractivity (Wildman–Crippen MR) is 103 cm³/mol. The Kier molecular flexibility index (Phi) is 6.79. The van der Waals surface area contributed by atoms with Crippen molar-refractivity contribution in [3.63, 3.8) is 0 Å². The van der Waals surface area contributed by atoms with Crippen LogP contribution in [0.1, 0.15) is 32.3 Å². The van der Waals surface area contributed by atoms with Crippen LogP contribution in [0.3, 0.4) is 0 Å². The highest BCUT2D eigenvalue weighted by Crippen LogP contribution is 2.37. The van der Waals surface area contributed by atoms with Gasteiger partial charge in [-0.05, 0) is 43.7 Å². The van der Waals surface area contributed by atoms with E-state index in [1.54, 1.807) is 11.8 Å². The average molecular weight is 363 g/mol. The fourth-order valence-corrected chi connectivity index (χ4v) is 4.99. The largest absolute Gasteiger partial charge is 0.382 e. The highest BCUT2D eigenvalue weighted by molar-refractivity contribution is 8.01. The molecule has 0 aromatic heterocycles. The quantitative estimate of drug-likeness (QED) is 0.757. The summed E-state index contributed by atoms with van der Waals surface area (Å²) in [6, 6.07) is 8.67. The van der Waals surface area contributed by atoms with E-state index in [0.717, 1.165) is 52.1 Å². The van der Waals surface area contributed by atoms with Crippen LogP contribution in [0.4, 0.5) is 0 Å². The van der Waals surface area contributed by atoms with E-state index < -0.39 is 0 Å². The summed E-state index contributed by atoms with van der Waals surface area (Å²) < 4.78 is 5.42. The Morgan fingerprint density at radius 1 is 1.40 bits per heavy atom. The van der Waals surface area contributed by atoms with Gasteiger partial charge in [-0.2, -0.15) is 0 Å². The number of piperidine rings is 1. The number of amides is 1. The highest BCUT2D eigenvalue weighted by Gasteiger charge is 2.32. The van der Waals surface area contributed by atoms with Gasteiger partial charge in [0.25, 0.3) is 0 Å². The van der Waals surface area contributed by atoms with Crippen molar-refractivity contribution in [2.75, 3.05) is 32.8 Å². The van der Waals surface area contributed by atoms with Gasteiger partial charge in [0, 0.05) is 43.8 Å². The zero-order chi connectivity index (χ0) is 17.6. The van der Waals surface area contributed by atoms with Gasteiger partial charge >= 0.3 is 0 Å². The number of nitrogens with one attached hydrogen (secondary N) is 1. The van der Waals surface area contributed by atoms with Crippen LogP contribution in [0.25, 0.3) is 0 Å². The second-order valence-electron chi connectivity index (χ2n) is 7.15. The number of ether oxygens (including phenoxy) is 1. The van der Waals surface area contributed by atoms with E-state index in [2.05, 4.69) is 41.4 Å². The lowest BCUT2D eigenvalue weighted by atomic mass is 9.93. The number of carbonyl (C=O) groups is 1. The van der Waals surface area contributed by atoms with Crippen LogP contribution in [0.15, 0.2) is 29.2 Å². The minimum absolute atomic E-state index is 0.0359.